The monoisotopic (exact) mass is 419 g/mol. The first-order chi connectivity index (χ1) is 12.9. The van der Waals surface area contributed by atoms with Gasteiger partial charge in [-0.15, -0.1) is 0 Å². The summed E-state index contributed by atoms with van der Waals surface area (Å²) in [5.41, 5.74) is 0. The molecule has 4 N–H and O–H groups in total. The highest BCUT2D eigenvalue weighted by Crippen LogP contribution is 2.17. The summed E-state index contributed by atoms with van der Waals surface area (Å²) < 4.78 is 5.26. The predicted octanol–water partition coefficient (Wildman–Crippen LogP) is -0.641. The van der Waals surface area contributed by atoms with Crippen molar-refractivity contribution in [2.45, 2.75) is 31.5 Å². The Morgan fingerprint density at radius 2 is 1.74 bits per heavy atom. The molecule has 1 unspecified atom stereocenters. The summed E-state index contributed by atoms with van der Waals surface area (Å²) in [5, 5.41) is 17.0. The van der Waals surface area contributed by atoms with Gasteiger partial charge in [-0.2, -0.15) is 0 Å². The van der Waals surface area contributed by atoms with Crippen LogP contribution in [-0.2, 0) is 23.9 Å². The smallest absolute Gasteiger partial charge is 0.309 e. The Balaban J connectivity index is 2.73. The molecule has 0 bridgehead atoms. The van der Waals surface area contributed by atoms with Crippen LogP contribution in [0.3, 0.4) is 0 Å². The first kappa shape index (κ1) is 23.3. The summed E-state index contributed by atoms with van der Waals surface area (Å²) in [6.07, 6.45) is 3.80. The van der Waals surface area contributed by atoms with Gasteiger partial charge in [-0.25, -0.2) is 0 Å². The molecule has 152 valence electrons. The Hall–Kier alpha value is -1.72. The molecule has 0 aliphatic carbocycles. The van der Waals surface area contributed by atoms with Crippen LogP contribution >= 0.6 is 21.6 Å². The Kier molecular flexibility index (Phi) is 11.6. The fraction of sp³-hybridized carbons (Fsp3) is 0.625. The molecule has 0 aromatic carbocycles. The predicted molar refractivity (Wildman–Crippen MR) is 104 cm³/mol. The van der Waals surface area contributed by atoms with Crippen molar-refractivity contribution in [2.24, 2.45) is 0 Å². The third-order valence-corrected chi connectivity index (χ3v) is 5.18. The number of nitrogens with one attached hydrogen (secondary N) is 3. The van der Waals surface area contributed by atoms with E-state index in [1.54, 1.807) is 27.7 Å². The zero-order valence-corrected chi connectivity index (χ0v) is 16.7. The van der Waals surface area contributed by atoms with E-state index in [4.69, 9.17) is 4.74 Å². The van der Waals surface area contributed by atoms with Gasteiger partial charge in [0.2, 0.25) is 17.7 Å². The number of aliphatic hydroxyl groups excluding tert-OH is 1. The highest BCUT2D eigenvalue weighted by molar-refractivity contribution is 8.76. The van der Waals surface area contributed by atoms with Gasteiger partial charge in [-0.05, 0) is 18.8 Å². The molecule has 1 saturated heterocycles. The molecule has 1 fully saturated rings. The lowest BCUT2D eigenvalue weighted by molar-refractivity contribution is -0.150. The van der Waals surface area contributed by atoms with Gasteiger partial charge in [0.15, 0.2) is 0 Å². The van der Waals surface area contributed by atoms with Crippen molar-refractivity contribution in [1.29, 1.82) is 0 Å². The number of allylic oxidation sites excluding steroid dienone is 1. The molecule has 3 amide bonds. The number of cyclic esters (lactones) is 1. The lowest BCUT2D eigenvalue weighted by Gasteiger charge is -2.16. The fourth-order valence-corrected chi connectivity index (χ4v) is 3.23. The van der Waals surface area contributed by atoms with Crippen LogP contribution in [0.25, 0.3) is 0 Å². The van der Waals surface area contributed by atoms with E-state index in [0.29, 0.717) is 0 Å². The van der Waals surface area contributed by atoms with Crippen molar-refractivity contribution in [3.8, 4) is 0 Å². The van der Waals surface area contributed by atoms with Crippen LogP contribution in [0.5, 0.6) is 0 Å². The van der Waals surface area contributed by atoms with E-state index >= 15 is 0 Å². The molecule has 1 aliphatic heterocycles. The van der Waals surface area contributed by atoms with E-state index in [2.05, 4.69) is 16.0 Å². The standard InChI is InChI=1S/C16H25N3O6S2/c1-26-27-5-3-2-4-12-7-13(21)18-9-15(23)19-10-14(22)17-8-11(20)6-16(24)25-12/h2,4,11-12,20H,3,5-10H2,1H3,(H,17,22)(H,18,21)(H,19,23)/t11?,12-/m1/s1. The molecule has 2 atom stereocenters. The van der Waals surface area contributed by atoms with Gasteiger partial charge < -0.3 is 25.8 Å². The lowest BCUT2D eigenvalue weighted by atomic mass is 10.2. The summed E-state index contributed by atoms with van der Waals surface area (Å²) in [6, 6.07) is 0. The van der Waals surface area contributed by atoms with E-state index in [1.165, 1.54) is 0 Å². The van der Waals surface area contributed by atoms with Crippen molar-refractivity contribution < 1.29 is 29.0 Å². The van der Waals surface area contributed by atoms with E-state index in [-0.39, 0.29) is 32.5 Å². The van der Waals surface area contributed by atoms with Crippen LogP contribution in [0.2, 0.25) is 0 Å². The van der Waals surface area contributed by atoms with Gasteiger partial charge in [0.25, 0.3) is 0 Å². The number of carbonyl (C=O) groups is 4. The number of carbonyl (C=O) groups excluding carboxylic acids is 4. The molecule has 1 heterocycles. The molecule has 0 aromatic rings. The normalized spacial score (nSPS) is 23.6. The summed E-state index contributed by atoms with van der Waals surface area (Å²) in [6.45, 7) is -0.720. The average molecular weight is 420 g/mol. The molecular weight excluding hydrogens is 394 g/mol. The van der Waals surface area contributed by atoms with Crippen molar-refractivity contribution >= 4 is 45.3 Å². The number of amides is 3. The average Bonchev–Trinajstić information content (AvgIpc) is 2.62. The molecule has 1 rings (SSSR count). The van der Waals surface area contributed by atoms with Crippen LogP contribution in [0.4, 0.5) is 0 Å². The Morgan fingerprint density at radius 1 is 1.07 bits per heavy atom. The van der Waals surface area contributed by atoms with E-state index < -0.39 is 35.9 Å². The minimum Gasteiger partial charge on any atom is -0.457 e. The van der Waals surface area contributed by atoms with Crippen LogP contribution in [0.1, 0.15) is 19.3 Å². The minimum absolute atomic E-state index is 0.140. The van der Waals surface area contributed by atoms with Gasteiger partial charge in [-0.1, -0.05) is 27.7 Å². The minimum atomic E-state index is -1.13. The molecular formula is C16H25N3O6S2. The molecule has 0 spiro atoms. The number of ether oxygens (including phenoxy) is 1. The Morgan fingerprint density at radius 3 is 2.44 bits per heavy atom. The Bertz CT molecular complexity index is 558. The molecule has 9 nitrogen and oxygen atoms in total. The summed E-state index contributed by atoms with van der Waals surface area (Å²) in [4.78, 5) is 47.2. The maximum Gasteiger partial charge on any atom is 0.309 e. The zero-order valence-electron chi connectivity index (χ0n) is 15.1. The van der Waals surface area contributed by atoms with Gasteiger partial charge in [0.1, 0.15) is 6.10 Å². The quantitative estimate of drug-likeness (QED) is 0.200. The van der Waals surface area contributed by atoms with Crippen molar-refractivity contribution in [3.63, 3.8) is 0 Å². The van der Waals surface area contributed by atoms with Crippen LogP contribution in [0, 0.1) is 0 Å². The molecule has 1 aliphatic rings. The van der Waals surface area contributed by atoms with E-state index in [9.17, 15) is 24.3 Å². The second-order valence-corrected chi connectivity index (χ2v) is 8.34. The fourth-order valence-electron chi connectivity index (χ4n) is 2.05. The lowest BCUT2D eigenvalue weighted by Crippen LogP contribution is -2.43. The first-order valence-electron chi connectivity index (χ1n) is 8.40. The second-order valence-electron chi connectivity index (χ2n) is 5.65. The van der Waals surface area contributed by atoms with Crippen molar-refractivity contribution in [3.05, 3.63) is 12.2 Å². The molecule has 0 saturated carbocycles. The van der Waals surface area contributed by atoms with Crippen molar-refractivity contribution in [1.82, 2.24) is 16.0 Å². The highest BCUT2D eigenvalue weighted by atomic mass is 33.1. The number of aliphatic hydroxyl groups is 1. The third kappa shape index (κ3) is 11.6. The largest absolute Gasteiger partial charge is 0.457 e. The highest BCUT2D eigenvalue weighted by Gasteiger charge is 2.20. The summed E-state index contributed by atoms with van der Waals surface area (Å²) in [5.74, 6) is -1.30. The van der Waals surface area contributed by atoms with Crippen LogP contribution in [0.15, 0.2) is 12.2 Å². The SMILES string of the molecule is CSSCCC=C[C@@H]1CC(=O)NCC(=O)NCC(=O)NCC(O)CC(=O)O1. The van der Waals surface area contributed by atoms with E-state index in [1.807, 2.05) is 12.3 Å². The summed E-state index contributed by atoms with van der Waals surface area (Å²) >= 11 is 0. The summed E-state index contributed by atoms with van der Waals surface area (Å²) in [7, 11) is 3.34. The molecule has 11 heteroatoms. The molecule has 0 aromatic heterocycles. The zero-order chi connectivity index (χ0) is 20.1. The molecule has 0 radical (unpaired) electrons. The topological polar surface area (TPSA) is 134 Å². The van der Waals surface area contributed by atoms with Gasteiger partial charge in [-0.3, -0.25) is 19.2 Å². The second kappa shape index (κ2) is 13.4. The number of β-amino-alcohol motifs (C(OH)–C–C–N with tert-alkyl or cyclic N) is 1. The number of esters is 1. The van der Waals surface area contributed by atoms with Crippen molar-refractivity contribution in [2.75, 3.05) is 31.6 Å². The van der Waals surface area contributed by atoms with Gasteiger partial charge in [0, 0.05) is 12.3 Å². The Labute approximate surface area is 165 Å². The number of hydrogen-bond donors (Lipinski definition) is 4. The van der Waals surface area contributed by atoms with Gasteiger partial charge >= 0.3 is 5.97 Å². The van der Waals surface area contributed by atoms with Crippen LogP contribution < -0.4 is 16.0 Å². The number of rotatable bonds is 5. The third-order valence-electron chi connectivity index (χ3n) is 3.34. The van der Waals surface area contributed by atoms with Gasteiger partial charge in [0.05, 0.1) is 32.0 Å². The number of hydrogen-bond acceptors (Lipinski definition) is 8. The maximum atomic E-state index is 12.0. The maximum absolute atomic E-state index is 12.0. The van der Waals surface area contributed by atoms with E-state index in [0.717, 1.165) is 12.2 Å². The van der Waals surface area contributed by atoms with Crippen LogP contribution in [-0.4, -0.2) is 72.6 Å². The molecule has 27 heavy (non-hydrogen) atoms. The first-order valence-corrected chi connectivity index (χ1v) is 11.1.